The fourth-order valence-electron chi connectivity index (χ4n) is 12.6. The number of fused-ring (bicyclic) bond motifs is 6. The first-order chi connectivity index (χ1) is 29.7. The Bertz CT molecular complexity index is 3130. The topological polar surface area (TPSA) is 51.6 Å². The smallest absolute Gasteiger partial charge is 0.164 e. The molecule has 5 aliphatic carbocycles. The third kappa shape index (κ3) is 5.03. The number of nitrogens with zero attached hydrogens (tertiary/aromatic N) is 4. The van der Waals surface area contributed by atoms with Gasteiger partial charge in [-0.15, -0.1) is 0 Å². The summed E-state index contributed by atoms with van der Waals surface area (Å²) >= 11 is 0. The average molecular weight is 771 g/mol. The van der Waals surface area contributed by atoms with Crippen LogP contribution in [0.25, 0.3) is 89.2 Å². The number of hydrogen-bond donors (Lipinski definition) is 0. The van der Waals surface area contributed by atoms with E-state index < -0.39 is 0 Å². The molecule has 286 valence electrons. The van der Waals surface area contributed by atoms with Gasteiger partial charge in [0.15, 0.2) is 17.5 Å². The van der Waals surface area contributed by atoms with Gasteiger partial charge in [-0.25, -0.2) is 15.0 Å². The molecule has 2 heterocycles. The van der Waals surface area contributed by atoms with Crippen molar-refractivity contribution in [1.82, 2.24) is 19.9 Å². The summed E-state index contributed by atoms with van der Waals surface area (Å²) in [5.74, 6) is 5.15. The number of aromatic nitrogens is 4. The quantitative estimate of drug-likeness (QED) is 0.175. The van der Waals surface area contributed by atoms with Crippen molar-refractivity contribution in [3.63, 3.8) is 0 Å². The number of benzene rings is 7. The van der Waals surface area contributed by atoms with Gasteiger partial charge < -0.3 is 0 Å². The van der Waals surface area contributed by atoms with Crippen LogP contribution in [0.5, 0.6) is 0 Å². The SMILES string of the molecule is c1ccc(-c2nc(-c3ccc(-c4cccc5cccnc45)cc3)nc(-c3cccc(-c4cccc5c4-c4ccc6ccccc6c4C54C5CC6CC(C5)CC4C6)c3)n2)cc1. The molecule has 4 nitrogen and oxygen atoms in total. The molecule has 60 heavy (non-hydrogen) atoms. The summed E-state index contributed by atoms with van der Waals surface area (Å²) in [6.07, 6.45) is 8.77. The molecule has 14 rings (SSSR count). The molecule has 4 saturated carbocycles. The molecule has 4 bridgehead atoms. The van der Waals surface area contributed by atoms with Gasteiger partial charge in [-0.3, -0.25) is 4.98 Å². The summed E-state index contributed by atoms with van der Waals surface area (Å²) in [5.41, 5.74) is 14.7. The monoisotopic (exact) mass is 770 g/mol. The number of hydrogen-bond acceptors (Lipinski definition) is 4. The summed E-state index contributed by atoms with van der Waals surface area (Å²) in [5, 5.41) is 3.94. The van der Waals surface area contributed by atoms with Crippen molar-refractivity contribution in [2.24, 2.45) is 23.7 Å². The van der Waals surface area contributed by atoms with Gasteiger partial charge in [0.1, 0.15) is 0 Å². The zero-order valence-corrected chi connectivity index (χ0v) is 33.3. The molecule has 0 N–H and O–H groups in total. The van der Waals surface area contributed by atoms with Crippen molar-refractivity contribution in [3.8, 4) is 67.5 Å². The zero-order chi connectivity index (χ0) is 39.4. The normalized spacial score (nSPS) is 22.1. The van der Waals surface area contributed by atoms with Crippen LogP contribution >= 0.6 is 0 Å². The van der Waals surface area contributed by atoms with E-state index >= 15 is 0 Å². The van der Waals surface area contributed by atoms with E-state index in [-0.39, 0.29) is 5.41 Å². The first kappa shape index (κ1) is 34.1. The Morgan fingerprint density at radius 3 is 1.82 bits per heavy atom. The first-order valence-electron chi connectivity index (χ1n) is 21.7. The van der Waals surface area contributed by atoms with Crippen molar-refractivity contribution >= 4 is 21.7 Å². The highest BCUT2D eigenvalue weighted by molar-refractivity contribution is 6.02. The zero-order valence-electron chi connectivity index (χ0n) is 33.3. The maximum Gasteiger partial charge on any atom is 0.164 e. The van der Waals surface area contributed by atoms with Crippen LogP contribution in [0.3, 0.4) is 0 Å². The Balaban J connectivity index is 0.952. The minimum Gasteiger partial charge on any atom is -0.256 e. The van der Waals surface area contributed by atoms with Crippen LogP contribution < -0.4 is 0 Å². The third-order valence-corrected chi connectivity index (χ3v) is 14.7. The molecule has 0 aliphatic heterocycles. The van der Waals surface area contributed by atoms with Crippen LogP contribution in [0.2, 0.25) is 0 Å². The molecule has 4 heteroatoms. The predicted octanol–water partition coefficient (Wildman–Crippen LogP) is 13.6. The molecule has 0 saturated heterocycles. The maximum atomic E-state index is 5.21. The number of para-hydroxylation sites is 1. The highest BCUT2D eigenvalue weighted by Gasteiger charge is 2.62. The van der Waals surface area contributed by atoms with Crippen molar-refractivity contribution < 1.29 is 0 Å². The van der Waals surface area contributed by atoms with Gasteiger partial charge in [0.25, 0.3) is 0 Å². The Hall–Kier alpha value is -6.78. The van der Waals surface area contributed by atoms with Crippen LogP contribution in [-0.2, 0) is 5.41 Å². The lowest BCUT2D eigenvalue weighted by molar-refractivity contribution is -0.0393. The second-order valence-electron chi connectivity index (χ2n) is 17.8. The van der Waals surface area contributed by atoms with E-state index in [4.69, 9.17) is 19.9 Å². The van der Waals surface area contributed by atoms with Crippen LogP contribution in [0.1, 0.15) is 43.2 Å². The third-order valence-electron chi connectivity index (χ3n) is 14.7. The van der Waals surface area contributed by atoms with E-state index in [9.17, 15) is 0 Å². The second-order valence-corrected chi connectivity index (χ2v) is 17.8. The molecule has 9 aromatic rings. The van der Waals surface area contributed by atoms with Crippen LogP contribution in [0, 0.1) is 23.7 Å². The average Bonchev–Trinajstić information content (AvgIpc) is 3.62. The van der Waals surface area contributed by atoms with E-state index in [1.165, 1.54) is 65.1 Å². The first-order valence-corrected chi connectivity index (χ1v) is 21.7. The molecule has 4 fully saturated rings. The molecule has 1 spiro atoms. The van der Waals surface area contributed by atoms with E-state index in [0.29, 0.717) is 29.3 Å². The molecular formula is C56H42N4. The Morgan fingerprint density at radius 2 is 1.02 bits per heavy atom. The summed E-state index contributed by atoms with van der Waals surface area (Å²) in [4.78, 5) is 20.2. The van der Waals surface area contributed by atoms with Crippen molar-refractivity contribution in [2.45, 2.75) is 37.5 Å². The standard InChI is InChI=1S/C56H42N4/c1-2-11-39(12-3-1)53-58-54(40-23-21-37(22-24-40)47-19-7-13-38-16-9-27-57-52(38)47)60-55(59-53)42-15-6-14-41(33-42)45-18-8-20-49-50(45)48-26-25-36-10-4-5-17-46(36)51(48)56(49)43-29-34-28-35(31-43)32-44(56)30-34/h1-27,33-35,43-44H,28-32H2. The lowest BCUT2D eigenvalue weighted by atomic mass is 9.43. The summed E-state index contributed by atoms with van der Waals surface area (Å²) in [6, 6.07) is 59.4. The molecule has 0 amide bonds. The van der Waals surface area contributed by atoms with Gasteiger partial charge in [0.05, 0.1) is 5.52 Å². The minimum atomic E-state index is 0.0694. The maximum absolute atomic E-state index is 5.21. The largest absolute Gasteiger partial charge is 0.256 e. The van der Waals surface area contributed by atoms with Crippen LogP contribution in [0.15, 0.2) is 170 Å². The van der Waals surface area contributed by atoms with Crippen LogP contribution in [0.4, 0.5) is 0 Å². The Kier molecular flexibility index (Phi) is 7.46. The van der Waals surface area contributed by atoms with Gasteiger partial charge >= 0.3 is 0 Å². The lowest BCUT2D eigenvalue weighted by Crippen LogP contribution is -2.55. The van der Waals surface area contributed by atoms with Gasteiger partial charge in [0, 0.05) is 39.3 Å². The Morgan fingerprint density at radius 1 is 0.417 bits per heavy atom. The Labute approximate surface area is 350 Å². The van der Waals surface area contributed by atoms with E-state index in [0.717, 1.165) is 50.6 Å². The molecule has 0 radical (unpaired) electrons. The predicted molar refractivity (Wildman–Crippen MR) is 243 cm³/mol. The fourth-order valence-corrected chi connectivity index (χ4v) is 12.6. The van der Waals surface area contributed by atoms with Crippen LogP contribution in [-0.4, -0.2) is 19.9 Å². The molecule has 0 unspecified atom stereocenters. The highest BCUT2D eigenvalue weighted by atomic mass is 15.0. The highest BCUT2D eigenvalue weighted by Crippen LogP contribution is 2.71. The molecule has 7 aromatic carbocycles. The van der Waals surface area contributed by atoms with Gasteiger partial charge in [-0.05, 0) is 118 Å². The molecule has 0 atom stereocenters. The van der Waals surface area contributed by atoms with Crippen molar-refractivity contribution in [1.29, 1.82) is 0 Å². The lowest BCUT2D eigenvalue weighted by Gasteiger charge is -2.61. The summed E-state index contributed by atoms with van der Waals surface area (Å²) < 4.78 is 0. The summed E-state index contributed by atoms with van der Waals surface area (Å²) in [6.45, 7) is 0. The van der Waals surface area contributed by atoms with E-state index in [1.54, 1.807) is 11.1 Å². The summed E-state index contributed by atoms with van der Waals surface area (Å²) in [7, 11) is 0. The number of rotatable bonds is 5. The molecular weight excluding hydrogens is 729 g/mol. The van der Waals surface area contributed by atoms with E-state index in [1.807, 2.05) is 30.5 Å². The number of pyridine rings is 1. The van der Waals surface area contributed by atoms with Gasteiger partial charge in [0.2, 0.25) is 0 Å². The van der Waals surface area contributed by atoms with Gasteiger partial charge in [-0.1, -0.05) is 152 Å². The molecule has 5 aliphatic rings. The van der Waals surface area contributed by atoms with Gasteiger partial charge in [-0.2, -0.15) is 0 Å². The van der Waals surface area contributed by atoms with E-state index in [2.05, 4.69) is 140 Å². The van der Waals surface area contributed by atoms with Crippen molar-refractivity contribution in [2.75, 3.05) is 0 Å². The second kappa shape index (κ2) is 13.1. The van der Waals surface area contributed by atoms with Crippen molar-refractivity contribution in [3.05, 3.63) is 181 Å². The molecule has 2 aromatic heterocycles. The fraction of sp³-hybridized carbons (Fsp3) is 0.179. The minimum absolute atomic E-state index is 0.0694.